The Morgan fingerprint density at radius 3 is 0.969 bits per heavy atom. The number of ether oxygens (including phenoxy) is 3. The molecule has 0 saturated carbocycles. The van der Waals surface area contributed by atoms with Crippen molar-refractivity contribution in [3.63, 3.8) is 0 Å². The van der Waals surface area contributed by atoms with E-state index in [-0.39, 0.29) is 31.1 Å². The highest BCUT2D eigenvalue weighted by Gasteiger charge is 2.19. The third-order valence-corrected chi connectivity index (χ3v) is 11.8. The van der Waals surface area contributed by atoms with Gasteiger partial charge in [0, 0.05) is 19.3 Å². The second-order valence-corrected chi connectivity index (χ2v) is 18.1. The molecule has 0 aromatic carbocycles. The Kier molecular flexibility index (Phi) is 50.4. The first kappa shape index (κ1) is 61.1. The summed E-state index contributed by atoms with van der Waals surface area (Å²) in [6.45, 7) is 6.50. The lowest BCUT2D eigenvalue weighted by Gasteiger charge is -2.18. The molecule has 0 amide bonds. The lowest BCUT2D eigenvalue weighted by molar-refractivity contribution is -0.167. The van der Waals surface area contributed by atoms with Gasteiger partial charge in [0.2, 0.25) is 0 Å². The van der Waals surface area contributed by atoms with Crippen LogP contribution in [0, 0.1) is 0 Å². The molecule has 64 heavy (non-hydrogen) atoms. The molecule has 0 aromatic rings. The van der Waals surface area contributed by atoms with Gasteiger partial charge in [-0.1, -0.05) is 229 Å². The van der Waals surface area contributed by atoms with Gasteiger partial charge in [-0.05, 0) is 83.5 Å². The molecule has 1 unspecified atom stereocenters. The summed E-state index contributed by atoms with van der Waals surface area (Å²) in [7, 11) is 0. The van der Waals surface area contributed by atoms with Crippen molar-refractivity contribution in [3.05, 3.63) is 60.8 Å². The number of hydrogen-bond donors (Lipinski definition) is 0. The summed E-state index contributed by atoms with van der Waals surface area (Å²) in [6, 6.07) is 0. The van der Waals surface area contributed by atoms with E-state index in [1.165, 1.54) is 141 Å². The molecule has 0 aliphatic carbocycles. The molecule has 0 aliphatic heterocycles. The van der Waals surface area contributed by atoms with E-state index < -0.39 is 6.10 Å². The third kappa shape index (κ3) is 50.1. The Hall–Kier alpha value is -2.89. The van der Waals surface area contributed by atoms with E-state index in [2.05, 4.69) is 81.5 Å². The Balaban J connectivity index is 4.27. The molecular formula is C58H102O6. The van der Waals surface area contributed by atoms with Crippen LogP contribution >= 0.6 is 0 Å². The van der Waals surface area contributed by atoms with Gasteiger partial charge in [-0.3, -0.25) is 14.4 Å². The number of allylic oxidation sites excluding steroid dienone is 10. The molecule has 6 nitrogen and oxygen atoms in total. The predicted molar refractivity (Wildman–Crippen MR) is 275 cm³/mol. The molecule has 0 N–H and O–H groups in total. The minimum absolute atomic E-state index is 0.0768. The van der Waals surface area contributed by atoms with Gasteiger partial charge in [0.05, 0.1) is 0 Å². The largest absolute Gasteiger partial charge is 0.462 e. The number of unbranched alkanes of at least 4 members (excludes halogenated alkanes) is 28. The fraction of sp³-hybridized carbons (Fsp3) is 0.776. The normalized spacial score (nSPS) is 12.5. The van der Waals surface area contributed by atoms with Crippen LogP contribution in [0.2, 0.25) is 0 Å². The Bertz CT molecular complexity index is 1170. The van der Waals surface area contributed by atoms with Crippen LogP contribution in [0.4, 0.5) is 0 Å². The first-order valence-electron chi connectivity index (χ1n) is 27.3. The molecule has 0 spiro atoms. The summed E-state index contributed by atoms with van der Waals surface area (Å²) < 4.78 is 16.8. The highest BCUT2D eigenvalue weighted by atomic mass is 16.6. The van der Waals surface area contributed by atoms with E-state index in [4.69, 9.17) is 14.2 Å². The second kappa shape index (κ2) is 52.7. The van der Waals surface area contributed by atoms with Crippen LogP contribution in [-0.4, -0.2) is 37.2 Å². The van der Waals surface area contributed by atoms with Crippen LogP contribution in [0.5, 0.6) is 0 Å². The van der Waals surface area contributed by atoms with Crippen LogP contribution in [0.15, 0.2) is 60.8 Å². The van der Waals surface area contributed by atoms with Crippen molar-refractivity contribution in [1.29, 1.82) is 0 Å². The van der Waals surface area contributed by atoms with Gasteiger partial charge >= 0.3 is 17.9 Å². The van der Waals surface area contributed by atoms with E-state index in [0.29, 0.717) is 19.3 Å². The molecule has 1 atom stereocenters. The van der Waals surface area contributed by atoms with Crippen molar-refractivity contribution < 1.29 is 28.6 Å². The van der Waals surface area contributed by atoms with Crippen LogP contribution in [0.3, 0.4) is 0 Å². The molecule has 0 saturated heterocycles. The van der Waals surface area contributed by atoms with Crippen molar-refractivity contribution in [1.82, 2.24) is 0 Å². The standard InChI is InChI=1S/C58H102O6/c1-4-7-10-13-16-19-21-23-25-27-28-29-30-32-33-35-37-39-42-45-48-51-57(60)63-54-55(53-62-56(59)50-47-44-41-18-15-12-9-6-3)64-58(61)52-49-46-43-40-38-36-34-31-26-24-22-20-17-14-11-8-5-2/h7,10,16,19,23-26,28-29,55H,4-6,8-9,11-15,17-18,20-22,27,30-54H2,1-3H3/b10-7-,19-16-,25-23-,26-24-,29-28-. The zero-order chi connectivity index (χ0) is 46.5. The van der Waals surface area contributed by atoms with Crippen LogP contribution in [-0.2, 0) is 28.6 Å². The summed E-state index contributed by atoms with van der Waals surface area (Å²) in [6.07, 6.45) is 65.0. The molecule has 370 valence electrons. The SMILES string of the molecule is CC/C=C\C/C=C\C/C=C\C/C=C\CCCCCCCCCCC(=O)OCC(COC(=O)CCCCCCCCCC)OC(=O)CCCCCCCCC/C=C\CCCCCCCC. The van der Waals surface area contributed by atoms with E-state index in [0.717, 1.165) is 89.9 Å². The van der Waals surface area contributed by atoms with Crippen LogP contribution in [0.25, 0.3) is 0 Å². The molecule has 0 radical (unpaired) electrons. The van der Waals surface area contributed by atoms with E-state index in [1.807, 2.05) is 0 Å². The monoisotopic (exact) mass is 895 g/mol. The molecule has 0 aromatic heterocycles. The summed E-state index contributed by atoms with van der Waals surface area (Å²) in [5, 5.41) is 0. The highest BCUT2D eigenvalue weighted by molar-refractivity contribution is 5.71. The number of esters is 3. The quantitative estimate of drug-likeness (QED) is 0.0262. The van der Waals surface area contributed by atoms with Crippen molar-refractivity contribution in [3.8, 4) is 0 Å². The van der Waals surface area contributed by atoms with Gasteiger partial charge in [0.15, 0.2) is 6.10 Å². The van der Waals surface area contributed by atoms with E-state index in [1.54, 1.807) is 0 Å². The first-order valence-corrected chi connectivity index (χ1v) is 27.3. The topological polar surface area (TPSA) is 78.9 Å². The lowest BCUT2D eigenvalue weighted by atomic mass is 10.1. The van der Waals surface area contributed by atoms with Crippen molar-refractivity contribution >= 4 is 17.9 Å². The number of carbonyl (C=O) groups excluding carboxylic acids is 3. The molecule has 0 fully saturated rings. The maximum Gasteiger partial charge on any atom is 0.306 e. The van der Waals surface area contributed by atoms with Crippen LogP contribution < -0.4 is 0 Å². The zero-order valence-electron chi connectivity index (χ0n) is 42.3. The number of hydrogen-bond acceptors (Lipinski definition) is 6. The smallest absolute Gasteiger partial charge is 0.306 e. The minimum Gasteiger partial charge on any atom is -0.462 e. The third-order valence-electron chi connectivity index (χ3n) is 11.8. The number of rotatable bonds is 49. The van der Waals surface area contributed by atoms with Gasteiger partial charge < -0.3 is 14.2 Å². The average Bonchev–Trinajstić information content (AvgIpc) is 3.29. The first-order chi connectivity index (χ1) is 31.5. The van der Waals surface area contributed by atoms with Crippen LogP contribution in [0.1, 0.15) is 271 Å². The maximum atomic E-state index is 12.8. The van der Waals surface area contributed by atoms with Crippen molar-refractivity contribution in [2.75, 3.05) is 13.2 Å². The van der Waals surface area contributed by atoms with E-state index in [9.17, 15) is 14.4 Å². The van der Waals surface area contributed by atoms with Gasteiger partial charge in [-0.2, -0.15) is 0 Å². The molecule has 0 bridgehead atoms. The summed E-state index contributed by atoms with van der Waals surface area (Å²) in [5.41, 5.74) is 0. The van der Waals surface area contributed by atoms with Crippen molar-refractivity contribution in [2.45, 2.75) is 277 Å². The zero-order valence-corrected chi connectivity index (χ0v) is 42.3. The molecule has 0 heterocycles. The summed E-state index contributed by atoms with van der Waals surface area (Å²) in [4.78, 5) is 37.9. The number of carbonyl (C=O) groups is 3. The predicted octanol–water partition coefficient (Wildman–Crippen LogP) is 18.0. The molecule has 0 aliphatic rings. The van der Waals surface area contributed by atoms with Gasteiger partial charge in [0.25, 0.3) is 0 Å². The summed E-state index contributed by atoms with van der Waals surface area (Å²) in [5.74, 6) is -0.887. The Morgan fingerprint density at radius 1 is 0.328 bits per heavy atom. The molecule has 0 rings (SSSR count). The fourth-order valence-corrected chi connectivity index (χ4v) is 7.66. The Labute approximate surface area is 396 Å². The second-order valence-electron chi connectivity index (χ2n) is 18.1. The van der Waals surface area contributed by atoms with Gasteiger partial charge in [-0.15, -0.1) is 0 Å². The van der Waals surface area contributed by atoms with Gasteiger partial charge in [0.1, 0.15) is 13.2 Å². The average molecular weight is 895 g/mol. The Morgan fingerprint density at radius 2 is 0.609 bits per heavy atom. The maximum absolute atomic E-state index is 12.8. The molecule has 6 heteroatoms. The van der Waals surface area contributed by atoms with Crippen molar-refractivity contribution in [2.24, 2.45) is 0 Å². The summed E-state index contributed by atoms with van der Waals surface area (Å²) >= 11 is 0. The fourth-order valence-electron chi connectivity index (χ4n) is 7.66. The van der Waals surface area contributed by atoms with Gasteiger partial charge in [-0.25, -0.2) is 0 Å². The highest BCUT2D eigenvalue weighted by Crippen LogP contribution is 2.15. The molecular weight excluding hydrogens is 793 g/mol. The van der Waals surface area contributed by atoms with E-state index >= 15 is 0 Å². The minimum atomic E-state index is -0.776. The lowest BCUT2D eigenvalue weighted by Crippen LogP contribution is -2.30.